The molecule has 7 rings (SSSR count). The van der Waals surface area contributed by atoms with Crippen LogP contribution in [0.15, 0.2) is 79.9 Å². The minimum Gasteiger partial charge on any atom is -0.383 e. The van der Waals surface area contributed by atoms with Crippen LogP contribution in [0.2, 0.25) is 0 Å². The lowest BCUT2D eigenvalue weighted by atomic mass is 10.1. The molecule has 5 heterocycles. The van der Waals surface area contributed by atoms with E-state index < -0.39 is 0 Å². The quantitative estimate of drug-likeness (QED) is 0.296. The van der Waals surface area contributed by atoms with Crippen molar-refractivity contribution in [1.29, 1.82) is 0 Å². The highest BCUT2D eigenvalue weighted by Gasteiger charge is 2.21. The molecule has 10 heteroatoms. The SMILES string of the molecule is C=CC(=O)N1CCC(NC)CC1.Nc1ncccc1-c1nc2ccc(-c3cnccn3)nc2n1-c1ccc2c(c1)CCC2. The fourth-order valence-electron chi connectivity index (χ4n) is 5.78. The lowest BCUT2D eigenvalue weighted by Crippen LogP contribution is -2.43. The molecule has 1 saturated heterocycles. The Bertz CT molecular complexity index is 1760. The number of likely N-dealkylation sites (tertiary alicyclic amines) is 1. The number of benzene rings is 1. The average Bonchev–Trinajstić information content (AvgIpc) is 3.69. The van der Waals surface area contributed by atoms with Crippen LogP contribution >= 0.6 is 0 Å². The Balaban J connectivity index is 0.000000232. The molecule has 0 atom stereocenters. The Labute approximate surface area is 250 Å². The number of anilines is 1. The van der Waals surface area contributed by atoms with E-state index in [0.717, 1.165) is 72.7 Å². The van der Waals surface area contributed by atoms with Crippen LogP contribution < -0.4 is 11.1 Å². The second-order valence-electron chi connectivity index (χ2n) is 10.7. The van der Waals surface area contributed by atoms with Gasteiger partial charge in [-0.15, -0.1) is 0 Å². The van der Waals surface area contributed by atoms with Crippen molar-refractivity contribution in [1.82, 2.24) is 39.7 Å². The molecule has 0 unspecified atom stereocenters. The molecule has 218 valence electrons. The van der Waals surface area contributed by atoms with Crippen molar-refractivity contribution in [2.75, 3.05) is 25.9 Å². The molecule has 3 N–H and O–H groups in total. The molecule has 1 amide bonds. The fraction of sp³-hybridized carbons (Fsp3) is 0.273. The third-order valence-electron chi connectivity index (χ3n) is 8.14. The van der Waals surface area contributed by atoms with Gasteiger partial charge in [-0.3, -0.25) is 19.3 Å². The topological polar surface area (TPSA) is 128 Å². The predicted octanol–water partition coefficient (Wildman–Crippen LogP) is 4.39. The van der Waals surface area contributed by atoms with Crippen LogP contribution in [-0.4, -0.2) is 66.5 Å². The standard InChI is InChI=1S/C24H19N7.C9H16N2O/c25-22-18(5-2-10-28-22)23-30-20-9-8-19(21-14-26-11-12-27-21)29-24(20)31(23)17-7-6-15-3-1-4-16(15)13-17;1-3-9(12)11-6-4-8(10-2)5-7-11/h2,5-14H,1,3-4H2,(H2,25,28);3,8,10H,1,4-7H2,2H3. The highest BCUT2D eigenvalue weighted by Crippen LogP contribution is 2.33. The van der Waals surface area contributed by atoms with Crippen LogP contribution in [0.5, 0.6) is 0 Å². The molecule has 0 radical (unpaired) electrons. The second-order valence-corrected chi connectivity index (χ2v) is 10.7. The van der Waals surface area contributed by atoms with Crippen molar-refractivity contribution in [3.63, 3.8) is 0 Å². The number of nitrogen functional groups attached to an aromatic ring is 1. The van der Waals surface area contributed by atoms with Gasteiger partial charge in [-0.1, -0.05) is 12.6 Å². The van der Waals surface area contributed by atoms with Crippen LogP contribution in [0.4, 0.5) is 5.82 Å². The number of carbonyl (C=O) groups is 1. The summed E-state index contributed by atoms with van der Waals surface area (Å²) in [5, 5.41) is 3.22. The van der Waals surface area contributed by atoms with Crippen LogP contribution in [-0.2, 0) is 17.6 Å². The van der Waals surface area contributed by atoms with Crippen molar-refractivity contribution in [3.8, 4) is 28.5 Å². The number of imidazole rings is 1. The lowest BCUT2D eigenvalue weighted by Gasteiger charge is -2.30. The number of nitrogens with two attached hydrogens (primary N) is 1. The smallest absolute Gasteiger partial charge is 0.245 e. The number of carbonyl (C=O) groups excluding carboxylic acids is 1. The Kier molecular flexibility index (Phi) is 8.19. The average molecular weight is 574 g/mol. The van der Waals surface area contributed by atoms with E-state index in [1.54, 1.807) is 24.8 Å². The number of hydrogen-bond acceptors (Lipinski definition) is 8. The summed E-state index contributed by atoms with van der Waals surface area (Å²) in [4.78, 5) is 35.7. The number of nitrogens with one attached hydrogen (secondary N) is 1. The maximum Gasteiger partial charge on any atom is 0.245 e. The van der Waals surface area contributed by atoms with Gasteiger partial charge < -0.3 is 16.0 Å². The maximum atomic E-state index is 11.1. The molecule has 43 heavy (non-hydrogen) atoms. The minimum atomic E-state index is 0.0598. The Hall–Kier alpha value is -4.96. The Morgan fingerprint density at radius 1 is 1.00 bits per heavy atom. The van der Waals surface area contributed by atoms with Crippen LogP contribution in [0.3, 0.4) is 0 Å². The first kappa shape index (κ1) is 28.2. The van der Waals surface area contributed by atoms with Gasteiger partial charge in [0.1, 0.15) is 17.0 Å². The summed E-state index contributed by atoms with van der Waals surface area (Å²) in [6.07, 6.45) is 13.6. The summed E-state index contributed by atoms with van der Waals surface area (Å²) in [7, 11) is 1.97. The number of pyridine rings is 2. The monoisotopic (exact) mass is 573 g/mol. The predicted molar refractivity (Wildman–Crippen MR) is 168 cm³/mol. The number of fused-ring (bicyclic) bond motifs is 2. The number of rotatable bonds is 5. The van der Waals surface area contributed by atoms with E-state index in [2.05, 4.69) is 49.6 Å². The van der Waals surface area contributed by atoms with E-state index in [9.17, 15) is 4.79 Å². The molecular weight excluding hydrogens is 538 g/mol. The zero-order chi connectivity index (χ0) is 29.8. The Morgan fingerprint density at radius 2 is 1.84 bits per heavy atom. The number of aryl methyl sites for hydroxylation is 2. The van der Waals surface area contributed by atoms with Gasteiger partial charge in [0.05, 0.1) is 17.5 Å². The van der Waals surface area contributed by atoms with E-state index in [0.29, 0.717) is 17.6 Å². The highest BCUT2D eigenvalue weighted by atomic mass is 16.2. The van der Waals surface area contributed by atoms with Gasteiger partial charge in [0, 0.05) is 43.4 Å². The van der Waals surface area contributed by atoms with Crippen LogP contribution in [0.1, 0.15) is 30.4 Å². The van der Waals surface area contributed by atoms with E-state index >= 15 is 0 Å². The van der Waals surface area contributed by atoms with Crippen molar-refractivity contribution in [2.24, 2.45) is 0 Å². The van der Waals surface area contributed by atoms with Crippen molar-refractivity contribution < 1.29 is 4.79 Å². The van der Waals surface area contributed by atoms with Gasteiger partial charge in [0.15, 0.2) is 11.5 Å². The van der Waals surface area contributed by atoms with Crippen molar-refractivity contribution >= 4 is 22.9 Å². The zero-order valence-electron chi connectivity index (χ0n) is 24.3. The first-order valence-corrected chi connectivity index (χ1v) is 14.6. The normalized spacial score (nSPS) is 14.7. The molecule has 0 spiro atoms. The Morgan fingerprint density at radius 3 is 2.58 bits per heavy atom. The third kappa shape index (κ3) is 5.87. The molecule has 5 aromatic rings. The first-order chi connectivity index (χ1) is 21.1. The molecule has 2 aliphatic rings. The lowest BCUT2D eigenvalue weighted by molar-refractivity contribution is -0.127. The van der Waals surface area contributed by atoms with Gasteiger partial charge in [0.25, 0.3) is 0 Å². The second kappa shape index (κ2) is 12.5. The summed E-state index contributed by atoms with van der Waals surface area (Å²) < 4.78 is 2.07. The van der Waals surface area contributed by atoms with Gasteiger partial charge in [0.2, 0.25) is 5.91 Å². The molecule has 1 aromatic carbocycles. The number of piperidine rings is 1. The van der Waals surface area contributed by atoms with E-state index in [1.807, 2.05) is 36.2 Å². The van der Waals surface area contributed by atoms with Gasteiger partial charge in [-0.25, -0.2) is 15.0 Å². The third-order valence-corrected chi connectivity index (χ3v) is 8.14. The molecule has 1 fully saturated rings. The highest BCUT2D eigenvalue weighted by molar-refractivity contribution is 5.87. The summed E-state index contributed by atoms with van der Waals surface area (Å²) in [5.74, 6) is 1.22. The number of nitrogens with zero attached hydrogens (tertiary/aromatic N) is 7. The maximum absolute atomic E-state index is 11.1. The largest absolute Gasteiger partial charge is 0.383 e. The summed E-state index contributed by atoms with van der Waals surface area (Å²) in [5.41, 5.74) is 13.8. The molecule has 0 saturated carbocycles. The fourth-order valence-corrected chi connectivity index (χ4v) is 5.78. The summed E-state index contributed by atoms with van der Waals surface area (Å²) in [6.45, 7) is 5.18. The molecule has 0 bridgehead atoms. The minimum absolute atomic E-state index is 0.0598. The van der Waals surface area contributed by atoms with Crippen LogP contribution in [0.25, 0.3) is 39.6 Å². The van der Waals surface area contributed by atoms with Gasteiger partial charge >= 0.3 is 0 Å². The summed E-state index contributed by atoms with van der Waals surface area (Å²) >= 11 is 0. The first-order valence-electron chi connectivity index (χ1n) is 14.6. The van der Waals surface area contributed by atoms with Crippen molar-refractivity contribution in [2.45, 2.75) is 38.1 Å². The molecule has 10 nitrogen and oxygen atoms in total. The van der Waals surface area contributed by atoms with Crippen molar-refractivity contribution in [3.05, 3.63) is 91.0 Å². The number of amides is 1. The molecule has 1 aliphatic heterocycles. The van der Waals surface area contributed by atoms with Gasteiger partial charge in [-0.05, 0) is 92.8 Å². The molecule has 1 aliphatic carbocycles. The van der Waals surface area contributed by atoms with E-state index in [1.165, 1.54) is 23.6 Å². The molecular formula is C33H35N9O. The zero-order valence-corrected chi connectivity index (χ0v) is 24.3. The molecule has 4 aromatic heterocycles. The van der Waals surface area contributed by atoms with Gasteiger partial charge in [-0.2, -0.15) is 0 Å². The van der Waals surface area contributed by atoms with Crippen LogP contribution in [0, 0.1) is 0 Å². The summed E-state index contributed by atoms with van der Waals surface area (Å²) in [6, 6.07) is 14.9. The number of hydrogen-bond donors (Lipinski definition) is 2. The van der Waals surface area contributed by atoms with E-state index in [-0.39, 0.29) is 5.91 Å². The number of aromatic nitrogens is 6. The van der Waals surface area contributed by atoms with E-state index in [4.69, 9.17) is 15.7 Å².